The van der Waals surface area contributed by atoms with Gasteiger partial charge in [-0.25, -0.2) is 4.79 Å². The topological polar surface area (TPSA) is 90.4 Å². The van der Waals surface area contributed by atoms with Gasteiger partial charge in [-0.15, -0.1) is 0 Å². The lowest BCUT2D eigenvalue weighted by atomic mass is 10.0. The highest BCUT2D eigenvalue weighted by atomic mass is 19.4. The Bertz CT molecular complexity index is 801. The largest absolute Gasteiger partial charge is 0.493 e. The van der Waals surface area contributed by atoms with Crippen molar-refractivity contribution in [2.75, 3.05) is 13.1 Å². The molecule has 2 rings (SSSR count). The number of alkyl halides is 3. The van der Waals surface area contributed by atoms with E-state index in [0.29, 0.717) is 19.6 Å². The number of piperazine rings is 1. The Hall–Kier alpha value is -2.66. The van der Waals surface area contributed by atoms with Crippen LogP contribution in [-0.4, -0.2) is 69.4 Å². The van der Waals surface area contributed by atoms with Gasteiger partial charge in [-0.05, 0) is 36.8 Å². The number of benzene rings is 1. The van der Waals surface area contributed by atoms with E-state index in [2.05, 4.69) is 9.74 Å². The number of hydrogen-bond acceptors (Lipinski definition) is 6. The summed E-state index contributed by atoms with van der Waals surface area (Å²) in [5.41, 5.74) is 0.673. The van der Waals surface area contributed by atoms with Crippen LogP contribution in [0.4, 0.5) is 13.2 Å². The number of hydrogen-bond donors (Lipinski definition) is 1. The molecule has 1 aromatic carbocycles. The smallest absolute Gasteiger partial charge is 0.334 e. The molecule has 1 N–H and O–H groups in total. The molecule has 1 aliphatic rings. The first-order valence-electron chi connectivity index (χ1n) is 9.77. The fourth-order valence-corrected chi connectivity index (χ4v) is 3.59. The fourth-order valence-electron chi connectivity index (χ4n) is 3.59. The lowest BCUT2D eigenvalue weighted by molar-refractivity contribution is -0.301. The number of rotatable bonds is 4. The van der Waals surface area contributed by atoms with Gasteiger partial charge in [0.2, 0.25) is 5.91 Å². The van der Waals surface area contributed by atoms with E-state index in [-0.39, 0.29) is 29.5 Å². The molecule has 1 fully saturated rings. The predicted molar refractivity (Wildman–Crippen MR) is 102 cm³/mol. The minimum atomic E-state index is -5.34. The third-order valence-electron chi connectivity index (χ3n) is 4.92. The lowest BCUT2D eigenvalue weighted by Crippen LogP contribution is -2.59. The van der Waals surface area contributed by atoms with Gasteiger partial charge in [-0.2, -0.15) is 13.2 Å². The van der Waals surface area contributed by atoms with Gasteiger partial charge in [0.1, 0.15) is 0 Å². The second-order valence-electron chi connectivity index (χ2n) is 7.94. The van der Waals surface area contributed by atoms with Crippen LogP contribution < -0.4 is 0 Å². The third-order valence-corrected chi connectivity index (χ3v) is 4.92. The Kier molecular flexibility index (Phi) is 7.66. The van der Waals surface area contributed by atoms with Gasteiger partial charge in [0.15, 0.2) is 0 Å². The summed E-state index contributed by atoms with van der Waals surface area (Å²) in [7, 11) is 0. The second kappa shape index (κ2) is 9.65. The van der Waals surface area contributed by atoms with E-state index in [4.69, 9.17) is 0 Å². The standard InChI is InChI=1S/C20H26F3N3O5/c1-12(2)17(27)25-13(3)9-24(10-14(25)4)11-15-5-7-16(8-6-15)18(28)26(30)31-19(29)20(21,22)23/h5-8,12-14,30H,9-11H2,1-4H3/t13-,14+. The number of amides is 2. The molecule has 0 bridgehead atoms. The highest BCUT2D eigenvalue weighted by Gasteiger charge is 2.43. The number of carbonyl (C=O) groups is 3. The zero-order valence-electron chi connectivity index (χ0n) is 17.7. The van der Waals surface area contributed by atoms with E-state index < -0.39 is 23.3 Å². The number of halogens is 3. The fraction of sp³-hybridized carbons (Fsp3) is 0.550. The molecule has 172 valence electrons. The van der Waals surface area contributed by atoms with Crippen molar-refractivity contribution in [2.24, 2.45) is 5.92 Å². The van der Waals surface area contributed by atoms with Gasteiger partial charge in [-0.1, -0.05) is 26.0 Å². The maximum atomic E-state index is 12.4. The van der Waals surface area contributed by atoms with E-state index in [9.17, 15) is 32.8 Å². The highest BCUT2D eigenvalue weighted by molar-refractivity contribution is 5.93. The molecule has 31 heavy (non-hydrogen) atoms. The van der Waals surface area contributed by atoms with Crippen molar-refractivity contribution in [2.45, 2.75) is 52.5 Å². The van der Waals surface area contributed by atoms with Crippen LogP contribution in [0.5, 0.6) is 0 Å². The van der Waals surface area contributed by atoms with Crippen LogP contribution in [-0.2, 0) is 21.0 Å². The Labute approximate surface area is 178 Å². The van der Waals surface area contributed by atoms with Gasteiger partial charge in [-0.3, -0.25) is 19.7 Å². The summed E-state index contributed by atoms with van der Waals surface area (Å²) in [6.45, 7) is 9.59. The van der Waals surface area contributed by atoms with Gasteiger partial charge in [0.05, 0.1) is 0 Å². The van der Waals surface area contributed by atoms with E-state index in [1.165, 1.54) is 12.1 Å². The summed E-state index contributed by atoms with van der Waals surface area (Å²) < 4.78 is 36.5. The zero-order chi connectivity index (χ0) is 23.5. The quantitative estimate of drug-likeness (QED) is 0.566. The average Bonchev–Trinajstić information content (AvgIpc) is 2.66. The van der Waals surface area contributed by atoms with Crippen LogP contribution in [0, 0.1) is 5.92 Å². The molecule has 0 spiro atoms. The van der Waals surface area contributed by atoms with Gasteiger partial charge >= 0.3 is 18.1 Å². The van der Waals surface area contributed by atoms with Crippen LogP contribution in [0.15, 0.2) is 24.3 Å². The highest BCUT2D eigenvalue weighted by Crippen LogP contribution is 2.21. The minimum Gasteiger partial charge on any atom is -0.334 e. The van der Waals surface area contributed by atoms with E-state index in [1.807, 2.05) is 32.6 Å². The summed E-state index contributed by atoms with van der Waals surface area (Å²) in [5, 5.41) is 8.57. The molecule has 1 saturated heterocycles. The molecule has 0 unspecified atom stereocenters. The first kappa shape index (κ1) is 24.6. The summed E-state index contributed by atoms with van der Waals surface area (Å²) >= 11 is 0. The van der Waals surface area contributed by atoms with Crippen LogP contribution in [0.3, 0.4) is 0 Å². The molecule has 0 radical (unpaired) electrons. The molecular weight excluding hydrogens is 419 g/mol. The molecule has 1 heterocycles. The van der Waals surface area contributed by atoms with E-state index >= 15 is 0 Å². The SMILES string of the molecule is CC(C)C(=O)N1[C@H](C)CN(Cc2ccc(C(=O)N(O)OC(=O)C(F)(F)F)cc2)C[C@@H]1C. The number of carbonyl (C=O) groups excluding carboxylic acids is 3. The van der Waals surface area contributed by atoms with Gasteiger partial charge < -0.3 is 9.74 Å². The van der Waals surface area contributed by atoms with Crippen LogP contribution in [0.25, 0.3) is 0 Å². The van der Waals surface area contributed by atoms with Gasteiger partial charge in [0.25, 0.3) is 0 Å². The van der Waals surface area contributed by atoms with E-state index in [0.717, 1.165) is 5.56 Å². The van der Waals surface area contributed by atoms with Crippen molar-refractivity contribution in [3.05, 3.63) is 35.4 Å². The molecule has 11 heteroatoms. The van der Waals surface area contributed by atoms with Gasteiger partial charge in [0, 0.05) is 43.2 Å². The predicted octanol–water partition coefficient (Wildman–Crippen LogP) is 2.62. The maximum absolute atomic E-state index is 12.4. The Morgan fingerprint density at radius 3 is 2.10 bits per heavy atom. The molecule has 2 amide bonds. The van der Waals surface area contributed by atoms with Crippen molar-refractivity contribution >= 4 is 17.8 Å². The second-order valence-corrected chi connectivity index (χ2v) is 7.94. The van der Waals surface area contributed by atoms with Crippen LogP contribution in [0.1, 0.15) is 43.6 Å². The molecule has 2 atom stereocenters. The third kappa shape index (κ3) is 6.17. The molecule has 0 aromatic heterocycles. The van der Waals surface area contributed by atoms with Crippen molar-refractivity contribution in [1.82, 2.24) is 15.0 Å². The summed E-state index contributed by atoms with van der Waals surface area (Å²) in [6, 6.07) is 5.87. The number of nitrogens with zero attached hydrogens (tertiary/aromatic N) is 3. The zero-order valence-corrected chi connectivity index (χ0v) is 17.7. The Morgan fingerprint density at radius 1 is 1.13 bits per heavy atom. The van der Waals surface area contributed by atoms with Crippen molar-refractivity contribution in [3.8, 4) is 0 Å². The van der Waals surface area contributed by atoms with Crippen molar-refractivity contribution < 1.29 is 37.6 Å². The minimum absolute atomic E-state index is 0.0331. The molecule has 0 saturated carbocycles. The molecule has 1 aromatic rings. The van der Waals surface area contributed by atoms with Crippen LogP contribution >= 0.6 is 0 Å². The van der Waals surface area contributed by atoms with E-state index in [1.54, 1.807) is 12.1 Å². The van der Waals surface area contributed by atoms with Crippen molar-refractivity contribution in [3.63, 3.8) is 0 Å². The number of hydroxylamine groups is 2. The molecular formula is C20H26F3N3O5. The molecule has 1 aliphatic heterocycles. The van der Waals surface area contributed by atoms with Crippen molar-refractivity contribution in [1.29, 1.82) is 0 Å². The maximum Gasteiger partial charge on any atom is 0.493 e. The normalized spacial score (nSPS) is 20.0. The lowest BCUT2D eigenvalue weighted by Gasteiger charge is -2.45. The summed E-state index contributed by atoms with van der Waals surface area (Å²) in [5.74, 6) is -3.99. The monoisotopic (exact) mass is 445 g/mol. The molecule has 0 aliphatic carbocycles. The Balaban J connectivity index is 1.98. The summed E-state index contributed by atoms with van der Waals surface area (Å²) in [4.78, 5) is 42.7. The first-order chi connectivity index (χ1) is 14.3. The first-order valence-corrected chi connectivity index (χ1v) is 9.77. The molecule has 8 nitrogen and oxygen atoms in total. The average molecular weight is 445 g/mol. The van der Waals surface area contributed by atoms with Crippen LogP contribution in [0.2, 0.25) is 0 Å². The summed E-state index contributed by atoms with van der Waals surface area (Å²) in [6.07, 6.45) is -5.34. The Morgan fingerprint density at radius 2 is 1.65 bits per heavy atom.